The minimum atomic E-state index is 0.207. The van der Waals surface area contributed by atoms with Crippen LogP contribution in [0, 0.1) is 5.92 Å². The number of hydrogen-bond donors (Lipinski definition) is 1. The highest BCUT2D eigenvalue weighted by atomic mass is 16.5. The summed E-state index contributed by atoms with van der Waals surface area (Å²) >= 11 is 0. The lowest BCUT2D eigenvalue weighted by atomic mass is 9.82. The van der Waals surface area contributed by atoms with Crippen molar-refractivity contribution in [3.63, 3.8) is 0 Å². The highest BCUT2D eigenvalue weighted by Crippen LogP contribution is 2.42. The van der Waals surface area contributed by atoms with E-state index in [1.54, 1.807) is 0 Å². The van der Waals surface area contributed by atoms with Crippen LogP contribution in [0.25, 0.3) is 0 Å². The van der Waals surface area contributed by atoms with E-state index in [9.17, 15) is 0 Å². The zero-order chi connectivity index (χ0) is 9.31. The molecule has 13 heavy (non-hydrogen) atoms. The van der Waals surface area contributed by atoms with Crippen LogP contribution in [0.4, 0.5) is 0 Å². The molecule has 2 aliphatic rings. The van der Waals surface area contributed by atoms with E-state index < -0.39 is 0 Å². The average Bonchev–Trinajstić information content (AvgIpc) is 2.84. The monoisotopic (exact) mass is 183 g/mol. The Hall–Kier alpha value is -0.0800. The molecule has 0 amide bonds. The van der Waals surface area contributed by atoms with Gasteiger partial charge in [0.2, 0.25) is 0 Å². The molecule has 2 aliphatic carbocycles. The first-order valence-electron chi connectivity index (χ1n) is 5.55. The van der Waals surface area contributed by atoms with Gasteiger partial charge in [-0.05, 0) is 38.0 Å². The van der Waals surface area contributed by atoms with Crippen LogP contribution in [0.15, 0.2) is 0 Å². The topological polar surface area (TPSA) is 35.2 Å². The van der Waals surface area contributed by atoms with E-state index in [4.69, 9.17) is 10.5 Å². The first-order valence-corrected chi connectivity index (χ1v) is 5.55. The lowest BCUT2D eigenvalue weighted by Crippen LogP contribution is -2.34. The van der Waals surface area contributed by atoms with E-state index in [1.165, 1.54) is 44.9 Å². The molecule has 0 saturated heterocycles. The zero-order valence-corrected chi connectivity index (χ0v) is 8.59. The van der Waals surface area contributed by atoms with Crippen LogP contribution in [0.5, 0.6) is 0 Å². The van der Waals surface area contributed by atoms with Crippen molar-refractivity contribution >= 4 is 0 Å². The van der Waals surface area contributed by atoms with E-state index in [1.807, 2.05) is 7.11 Å². The Morgan fingerprint density at radius 3 is 2.62 bits per heavy atom. The predicted molar refractivity (Wildman–Crippen MR) is 53.5 cm³/mol. The molecule has 2 saturated carbocycles. The lowest BCUT2D eigenvalue weighted by molar-refractivity contribution is 0.0167. The smallest absolute Gasteiger partial charge is 0.0600 e. The molecule has 2 rings (SSSR count). The fourth-order valence-corrected chi connectivity index (χ4v) is 2.60. The maximum atomic E-state index is 6.14. The van der Waals surface area contributed by atoms with Crippen molar-refractivity contribution in [2.24, 2.45) is 11.7 Å². The summed E-state index contributed by atoms with van der Waals surface area (Å²) in [5, 5.41) is 0. The van der Waals surface area contributed by atoms with Gasteiger partial charge in [-0.25, -0.2) is 0 Å². The van der Waals surface area contributed by atoms with Crippen molar-refractivity contribution in [1.82, 2.24) is 0 Å². The average molecular weight is 183 g/mol. The van der Waals surface area contributed by atoms with Crippen molar-refractivity contribution in [2.45, 2.75) is 56.6 Å². The summed E-state index contributed by atoms with van der Waals surface area (Å²) in [5.41, 5.74) is 6.35. The van der Waals surface area contributed by atoms with Crippen LogP contribution in [-0.4, -0.2) is 18.8 Å². The maximum absolute atomic E-state index is 6.14. The minimum absolute atomic E-state index is 0.207. The summed E-state index contributed by atoms with van der Waals surface area (Å²) < 4.78 is 5.52. The largest absolute Gasteiger partial charge is 0.381 e. The van der Waals surface area contributed by atoms with Gasteiger partial charge in [0, 0.05) is 12.6 Å². The summed E-state index contributed by atoms with van der Waals surface area (Å²) in [5.74, 6) is 0.742. The van der Waals surface area contributed by atoms with Crippen molar-refractivity contribution in [1.29, 1.82) is 0 Å². The van der Waals surface area contributed by atoms with Crippen LogP contribution in [-0.2, 0) is 4.74 Å². The molecule has 2 N–H and O–H groups in total. The van der Waals surface area contributed by atoms with Crippen molar-refractivity contribution in [2.75, 3.05) is 7.11 Å². The van der Waals surface area contributed by atoms with E-state index in [-0.39, 0.29) is 5.54 Å². The zero-order valence-electron chi connectivity index (χ0n) is 8.59. The molecule has 0 aromatic rings. The van der Waals surface area contributed by atoms with Crippen molar-refractivity contribution in [3.8, 4) is 0 Å². The summed E-state index contributed by atoms with van der Waals surface area (Å²) in [7, 11) is 1.85. The Bertz CT molecular complexity index is 177. The van der Waals surface area contributed by atoms with E-state index in [0.717, 1.165) is 5.92 Å². The molecule has 76 valence electrons. The van der Waals surface area contributed by atoms with Gasteiger partial charge in [0.1, 0.15) is 0 Å². The predicted octanol–water partition coefficient (Wildman–Crippen LogP) is 2.07. The normalized spacial score (nSPS) is 37.4. The van der Waals surface area contributed by atoms with Gasteiger partial charge in [0.05, 0.1) is 6.10 Å². The third kappa shape index (κ3) is 2.23. The summed E-state index contributed by atoms with van der Waals surface area (Å²) in [4.78, 5) is 0. The Morgan fingerprint density at radius 1 is 1.31 bits per heavy atom. The fraction of sp³-hybridized carbons (Fsp3) is 1.00. The second-order valence-corrected chi connectivity index (χ2v) is 4.89. The van der Waals surface area contributed by atoms with Gasteiger partial charge in [-0.15, -0.1) is 0 Å². The molecule has 0 aliphatic heterocycles. The second kappa shape index (κ2) is 3.58. The van der Waals surface area contributed by atoms with Gasteiger partial charge in [-0.3, -0.25) is 0 Å². The Morgan fingerprint density at radius 2 is 2.00 bits per heavy atom. The Balaban J connectivity index is 1.87. The van der Waals surface area contributed by atoms with Crippen LogP contribution < -0.4 is 5.73 Å². The van der Waals surface area contributed by atoms with E-state index >= 15 is 0 Å². The van der Waals surface area contributed by atoms with Crippen molar-refractivity contribution < 1.29 is 4.74 Å². The summed E-state index contributed by atoms with van der Waals surface area (Å²) in [6.45, 7) is 0. The number of ether oxygens (including phenoxy) is 1. The Labute approximate surface area is 80.8 Å². The fourth-order valence-electron chi connectivity index (χ4n) is 2.60. The molecule has 2 heteroatoms. The lowest BCUT2D eigenvalue weighted by Gasteiger charge is -2.32. The first-order chi connectivity index (χ1) is 6.23. The van der Waals surface area contributed by atoms with Gasteiger partial charge in [-0.2, -0.15) is 0 Å². The highest BCUT2D eigenvalue weighted by molar-refractivity contribution is 5.01. The van der Waals surface area contributed by atoms with Crippen LogP contribution in [0.1, 0.15) is 44.9 Å². The van der Waals surface area contributed by atoms with Crippen LogP contribution in [0.3, 0.4) is 0 Å². The summed E-state index contributed by atoms with van der Waals surface area (Å²) in [6.07, 6.45) is 9.46. The third-order valence-electron chi connectivity index (χ3n) is 3.70. The minimum Gasteiger partial charge on any atom is -0.381 e. The number of methoxy groups -OCH3 is 1. The molecule has 0 radical (unpaired) electrons. The summed E-state index contributed by atoms with van der Waals surface area (Å²) in [6, 6.07) is 0. The molecule has 0 heterocycles. The van der Waals surface area contributed by atoms with E-state index in [0.29, 0.717) is 6.10 Å². The van der Waals surface area contributed by atoms with Crippen LogP contribution >= 0.6 is 0 Å². The molecule has 2 nitrogen and oxygen atoms in total. The quantitative estimate of drug-likeness (QED) is 0.727. The van der Waals surface area contributed by atoms with Crippen LogP contribution in [0.2, 0.25) is 0 Å². The van der Waals surface area contributed by atoms with Gasteiger partial charge in [0.25, 0.3) is 0 Å². The molecule has 0 bridgehead atoms. The maximum Gasteiger partial charge on any atom is 0.0600 e. The molecule has 0 aromatic carbocycles. The number of rotatable bonds is 3. The molecular formula is C11H21NO. The second-order valence-electron chi connectivity index (χ2n) is 4.89. The van der Waals surface area contributed by atoms with Gasteiger partial charge < -0.3 is 10.5 Å². The third-order valence-corrected chi connectivity index (χ3v) is 3.70. The molecule has 2 unspecified atom stereocenters. The highest BCUT2D eigenvalue weighted by Gasteiger charge is 2.42. The van der Waals surface area contributed by atoms with Gasteiger partial charge >= 0.3 is 0 Å². The first kappa shape index (κ1) is 9.47. The van der Waals surface area contributed by atoms with E-state index in [2.05, 4.69) is 0 Å². The number of nitrogens with two attached hydrogens (primary N) is 1. The standard InChI is InChI=1S/C11H21NO/c1-13-10-5-3-2-4-9(10)8-11(12)6-7-11/h9-10H,2-8,12H2,1H3. The van der Waals surface area contributed by atoms with Crippen molar-refractivity contribution in [3.05, 3.63) is 0 Å². The molecule has 2 fully saturated rings. The molecule has 0 spiro atoms. The van der Waals surface area contributed by atoms with Gasteiger partial charge in [0.15, 0.2) is 0 Å². The van der Waals surface area contributed by atoms with Gasteiger partial charge in [-0.1, -0.05) is 12.8 Å². The number of hydrogen-bond acceptors (Lipinski definition) is 2. The SMILES string of the molecule is COC1CCCCC1CC1(N)CC1. The molecule has 0 aromatic heterocycles. The molecular weight excluding hydrogens is 162 g/mol. The molecule has 2 atom stereocenters. The Kier molecular flexibility index (Phi) is 2.61.